The van der Waals surface area contributed by atoms with E-state index in [2.05, 4.69) is 18.7 Å². The molecule has 2 N–H and O–H groups in total. The zero-order valence-corrected chi connectivity index (χ0v) is 15.5. The highest BCUT2D eigenvalue weighted by Crippen LogP contribution is 2.12. The Morgan fingerprint density at radius 3 is 1.55 bits per heavy atom. The van der Waals surface area contributed by atoms with Gasteiger partial charge in [0.15, 0.2) is 0 Å². The molecule has 0 saturated carbocycles. The summed E-state index contributed by atoms with van der Waals surface area (Å²) < 4.78 is 0. The van der Waals surface area contributed by atoms with Crippen molar-refractivity contribution in [3.8, 4) is 0 Å². The number of hydrogen-bond acceptors (Lipinski definition) is 2. The number of rotatable bonds is 18. The molecule has 22 heavy (non-hydrogen) atoms. The van der Waals surface area contributed by atoms with Gasteiger partial charge in [0, 0.05) is 0 Å². The van der Waals surface area contributed by atoms with E-state index in [1.54, 1.807) is 0 Å². The lowest BCUT2D eigenvalue weighted by molar-refractivity contribution is 0.269. The molecule has 2 heteroatoms. The Balaban J connectivity index is 3.23. The molecule has 0 rings (SSSR count). The van der Waals surface area contributed by atoms with Gasteiger partial charge in [0.1, 0.15) is 0 Å². The monoisotopic (exact) mass is 311 g/mol. The summed E-state index contributed by atoms with van der Waals surface area (Å²) in [4.78, 5) is 2.54. The van der Waals surface area contributed by atoms with Gasteiger partial charge in [-0.15, -0.1) is 0 Å². The lowest BCUT2D eigenvalue weighted by Gasteiger charge is -2.21. The van der Waals surface area contributed by atoms with E-state index < -0.39 is 0 Å². The standard InChI is InChI=1S/C20H43N2/c1-3-5-6-7-8-9-10-11-12-13-14-15-19-22(18-4-2)20-16-17-21/h2-21H2,1H3. The average molecular weight is 312 g/mol. The predicted octanol–water partition coefficient (Wildman–Crippen LogP) is 5.56. The van der Waals surface area contributed by atoms with E-state index in [1.165, 1.54) is 83.6 Å². The summed E-state index contributed by atoms with van der Waals surface area (Å²) in [6.07, 6.45) is 19.3. The maximum absolute atomic E-state index is 5.60. The zero-order chi connectivity index (χ0) is 16.3. The Hall–Kier alpha value is -0.0800. The van der Waals surface area contributed by atoms with Crippen LogP contribution < -0.4 is 5.73 Å². The van der Waals surface area contributed by atoms with Crippen LogP contribution in [0.3, 0.4) is 0 Å². The molecule has 1 radical (unpaired) electrons. The van der Waals surface area contributed by atoms with Gasteiger partial charge in [0.05, 0.1) is 0 Å². The molecule has 0 aliphatic heterocycles. The molecule has 2 nitrogen and oxygen atoms in total. The van der Waals surface area contributed by atoms with Crippen molar-refractivity contribution in [2.75, 3.05) is 26.2 Å². The first-order valence-corrected chi connectivity index (χ1v) is 10.1. The fraction of sp³-hybridized carbons (Fsp3) is 0.950. The largest absolute Gasteiger partial charge is 0.330 e. The van der Waals surface area contributed by atoms with Crippen LogP contribution in [0.1, 0.15) is 96.8 Å². The molecule has 0 bridgehead atoms. The summed E-state index contributed by atoms with van der Waals surface area (Å²) in [5, 5.41) is 0. The highest BCUT2D eigenvalue weighted by Gasteiger charge is 2.02. The summed E-state index contributed by atoms with van der Waals surface area (Å²) in [5.74, 6) is 0. The Morgan fingerprint density at radius 2 is 1.09 bits per heavy atom. The lowest BCUT2D eigenvalue weighted by atomic mass is 10.1. The first-order chi connectivity index (χ1) is 10.8. The summed E-state index contributed by atoms with van der Waals surface area (Å²) in [7, 11) is 0. The molecular weight excluding hydrogens is 268 g/mol. The van der Waals surface area contributed by atoms with E-state index in [9.17, 15) is 0 Å². The quantitative estimate of drug-likeness (QED) is 0.336. The van der Waals surface area contributed by atoms with E-state index in [-0.39, 0.29) is 0 Å². The third-order valence-electron chi connectivity index (χ3n) is 4.48. The van der Waals surface area contributed by atoms with Crippen LogP contribution in [0.5, 0.6) is 0 Å². The molecule has 0 amide bonds. The average Bonchev–Trinajstić information content (AvgIpc) is 2.53. The second kappa shape index (κ2) is 19.0. The molecule has 0 spiro atoms. The van der Waals surface area contributed by atoms with Crippen LogP contribution in [0.25, 0.3) is 0 Å². The highest BCUT2D eigenvalue weighted by atomic mass is 15.1. The van der Waals surface area contributed by atoms with Crippen molar-refractivity contribution in [2.24, 2.45) is 5.73 Å². The van der Waals surface area contributed by atoms with Crippen molar-refractivity contribution >= 4 is 0 Å². The van der Waals surface area contributed by atoms with Gasteiger partial charge >= 0.3 is 0 Å². The van der Waals surface area contributed by atoms with Crippen LogP contribution in [0, 0.1) is 6.92 Å². The number of nitrogens with two attached hydrogens (primary N) is 1. The minimum atomic E-state index is 0.812. The topological polar surface area (TPSA) is 29.3 Å². The molecule has 133 valence electrons. The predicted molar refractivity (Wildman–Crippen MR) is 101 cm³/mol. The Bertz CT molecular complexity index is 194. The van der Waals surface area contributed by atoms with E-state index in [1.807, 2.05) is 0 Å². The van der Waals surface area contributed by atoms with Crippen LogP contribution >= 0.6 is 0 Å². The maximum atomic E-state index is 5.60. The number of nitrogens with zero attached hydrogens (tertiary/aromatic N) is 1. The van der Waals surface area contributed by atoms with Crippen LogP contribution in [-0.4, -0.2) is 31.1 Å². The molecule has 0 aromatic rings. The van der Waals surface area contributed by atoms with Crippen molar-refractivity contribution in [2.45, 2.75) is 96.8 Å². The van der Waals surface area contributed by atoms with Crippen LogP contribution in [0.2, 0.25) is 0 Å². The molecule has 0 aliphatic carbocycles. The number of unbranched alkanes of at least 4 members (excludes halogenated alkanes) is 11. The normalized spacial score (nSPS) is 11.5. The molecule has 0 aliphatic rings. The van der Waals surface area contributed by atoms with Crippen molar-refractivity contribution < 1.29 is 0 Å². The van der Waals surface area contributed by atoms with E-state index >= 15 is 0 Å². The van der Waals surface area contributed by atoms with Gasteiger partial charge in [0.25, 0.3) is 0 Å². The van der Waals surface area contributed by atoms with Crippen LogP contribution in [-0.2, 0) is 0 Å². The van der Waals surface area contributed by atoms with Crippen molar-refractivity contribution in [1.29, 1.82) is 0 Å². The van der Waals surface area contributed by atoms with Gasteiger partial charge in [-0.1, -0.05) is 84.5 Å². The Morgan fingerprint density at radius 1 is 0.636 bits per heavy atom. The molecule has 0 aromatic heterocycles. The van der Waals surface area contributed by atoms with Crippen LogP contribution in [0.15, 0.2) is 0 Å². The fourth-order valence-electron chi connectivity index (χ4n) is 3.05. The van der Waals surface area contributed by atoms with Crippen LogP contribution in [0.4, 0.5) is 0 Å². The lowest BCUT2D eigenvalue weighted by Crippen LogP contribution is -2.28. The summed E-state index contributed by atoms with van der Waals surface area (Å²) >= 11 is 0. The van der Waals surface area contributed by atoms with Gasteiger partial charge in [-0.05, 0) is 45.4 Å². The third-order valence-corrected chi connectivity index (χ3v) is 4.48. The van der Waals surface area contributed by atoms with Crippen molar-refractivity contribution in [3.05, 3.63) is 6.92 Å². The fourth-order valence-corrected chi connectivity index (χ4v) is 3.05. The van der Waals surface area contributed by atoms with E-state index in [0.29, 0.717) is 0 Å². The van der Waals surface area contributed by atoms with E-state index in [0.717, 1.165) is 32.5 Å². The first kappa shape index (κ1) is 21.9. The molecular formula is C20H43N2. The molecule has 0 fully saturated rings. The van der Waals surface area contributed by atoms with Gasteiger partial charge in [0.2, 0.25) is 0 Å². The second-order valence-corrected chi connectivity index (χ2v) is 6.73. The summed E-state index contributed by atoms with van der Waals surface area (Å²) in [6.45, 7) is 10.6. The molecule has 0 saturated heterocycles. The highest BCUT2D eigenvalue weighted by molar-refractivity contribution is 4.60. The van der Waals surface area contributed by atoms with Gasteiger partial charge in [-0.2, -0.15) is 0 Å². The molecule has 0 atom stereocenters. The smallest absolute Gasteiger partial charge is 0.000672 e. The Labute approximate surface area is 141 Å². The summed E-state index contributed by atoms with van der Waals surface area (Å²) in [5.41, 5.74) is 5.60. The van der Waals surface area contributed by atoms with Crippen molar-refractivity contribution in [3.63, 3.8) is 0 Å². The Kier molecular flexibility index (Phi) is 18.9. The molecule has 0 aromatic carbocycles. The number of hydrogen-bond donors (Lipinski definition) is 1. The minimum Gasteiger partial charge on any atom is -0.330 e. The minimum absolute atomic E-state index is 0.812. The van der Waals surface area contributed by atoms with E-state index in [4.69, 9.17) is 5.73 Å². The van der Waals surface area contributed by atoms with Crippen molar-refractivity contribution in [1.82, 2.24) is 4.90 Å². The zero-order valence-electron chi connectivity index (χ0n) is 15.5. The van der Waals surface area contributed by atoms with Gasteiger partial charge in [-0.3, -0.25) is 0 Å². The molecule has 0 unspecified atom stereocenters. The summed E-state index contributed by atoms with van der Waals surface area (Å²) in [6, 6.07) is 0. The maximum Gasteiger partial charge on any atom is -0.000672 e. The second-order valence-electron chi connectivity index (χ2n) is 6.73. The van der Waals surface area contributed by atoms with Gasteiger partial charge < -0.3 is 10.6 Å². The first-order valence-electron chi connectivity index (χ1n) is 10.1. The molecule has 0 heterocycles. The third kappa shape index (κ3) is 16.3. The SMILES string of the molecule is [CH2]CCN(CCCN)CCCCCCCCCCCCCC. The van der Waals surface area contributed by atoms with Gasteiger partial charge in [-0.25, -0.2) is 0 Å².